The summed E-state index contributed by atoms with van der Waals surface area (Å²) in [6.45, 7) is 1.38. The Morgan fingerprint density at radius 1 is 1.09 bits per heavy atom. The van der Waals surface area contributed by atoms with E-state index in [-0.39, 0.29) is 10.8 Å². The summed E-state index contributed by atoms with van der Waals surface area (Å²) in [6, 6.07) is 16.5. The number of H-pyrrole nitrogens is 1. The van der Waals surface area contributed by atoms with Crippen LogP contribution in [0.3, 0.4) is 0 Å². The van der Waals surface area contributed by atoms with Gasteiger partial charge in [0.2, 0.25) is 0 Å². The highest BCUT2D eigenvalue weighted by molar-refractivity contribution is 7.90. The van der Waals surface area contributed by atoms with Crippen molar-refractivity contribution in [1.29, 1.82) is 0 Å². The number of nitrogens with one attached hydrogen (secondary N) is 2. The van der Waals surface area contributed by atoms with E-state index in [1.807, 2.05) is 18.2 Å². The van der Waals surface area contributed by atoms with E-state index in [1.165, 1.54) is 17.7 Å². The van der Waals surface area contributed by atoms with Crippen LogP contribution in [-0.4, -0.2) is 37.4 Å². The highest BCUT2D eigenvalue weighted by atomic mass is 32.2. The Labute approximate surface area is 206 Å². The average molecular weight is 497 g/mol. The molecule has 1 aliphatic carbocycles. The largest absolute Gasteiger partial charge is 0.377 e. The average Bonchev–Trinajstić information content (AvgIpc) is 3.26. The molecule has 4 rings (SSSR count). The van der Waals surface area contributed by atoms with Gasteiger partial charge in [0.05, 0.1) is 17.2 Å². The van der Waals surface area contributed by atoms with Crippen molar-refractivity contribution in [3.8, 4) is 0 Å². The lowest BCUT2D eigenvalue weighted by atomic mass is 9.78. The van der Waals surface area contributed by atoms with E-state index < -0.39 is 15.7 Å². The van der Waals surface area contributed by atoms with Crippen molar-refractivity contribution in [3.05, 3.63) is 71.4 Å². The molecule has 1 aromatic heterocycles. The smallest absolute Gasteiger partial charge is 0.254 e. The molecular weight excluding hydrogens is 464 g/mol. The lowest BCUT2D eigenvalue weighted by molar-refractivity contribution is 0.0992. The van der Waals surface area contributed by atoms with Crippen LogP contribution < -0.4 is 11.1 Å². The van der Waals surface area contributed by atoms with Crippen LogP contribution in [0.1, 0.15) is 59.6 Å². The van der Waals surface area contributed by atoms with E-state index in [2.05, 4.69) is 27.6 Å². The maximum Gasteiger partial charge on any atom is 0.254 e. The van der Waals surface area contributed by atoms with Crippen molar-refractivity contribution in [2.45, 2.75) is 49.5 Å². The van der Waals surface area contributed by atoms with Crippen molar-refractivity contribution in [2.24, 2.45) is 11.7 Å². The van der Waals surface area contributed by atoms with Crippen molar-refractivity contribution in [2.75, 3.05) is 18.2 Å². The van der Waals surface area contributed by atoms with Crippen LogP contribution in [0.5, 0.6) is 0 Å². The minimum atomic E-state index is -3.28. The Bertz CT molecular complexity index is 1230. The van der Waals surface area contributed by atoms with E-state index in [0.29, 0.717) is 29.6 Å². The van der Waals surface area contributed by atoms with Gasteiger partial charge in [0.15, 0.2) is 15.7 Å². The van der Waals surface area contributed by atoms with Gasteiger partial charge in [-0.05, 0) is 67.9 Å². The summed E-state index contributed by atoms with van der Waals surface area (Å²) >= 11 is 0. The van der Waals surface area contributed by atoms with Gasteiger partial charge < -0.3 is 15.8 Å². The molecule has 3 aromatic rings. The first kappa shape index (κ1) is 24.9. The van der Waals surface area contributed by atoms with E-state index in [1.54, 1.807) is 12.1 Å². The number of nitrogens with two attached hydrogens (primary N) is 1. The normalized spacial score (nSPS) is 18.3. The first-order valence-electron chi connectivity index (χ1n) is 11.9. The molecule has 1 heterocycles. The standard InChI is InChI=1S/C26H32N4O4S/c1-35(32,33)22-13-11-21(12-14-22)28-26-23(25(27)31)24(29-30-26)20-9-7-18(8-10-20)15-16-34-17-19-5-3-2-4-6-19/h2-6,11-14,18,20H,7-10,15-17H2,1H3,(H2,27,31)(H2,28,29,30). The molecule has 8 nitrogen and oxygen atoms in total. The first-order chi connectivity index (χ1) is 16.8. The molecule has 1 fully saturated rings. The zero-order valence-electron chi connectivity index (χ0n) is 19.9. The van der Waals surface area contributed by atoms with Gasteiger partial charge >= 0.3 is 0 Å². The molecule has 186 valence electrons. The van der Waals surface area contributed by atoms with Crippen molar-refractivity contribution in [1.82, 2.24) is 10.2 Å². The molecule has 0 unspecified atom stereocenters. The van der Waals surface area contributed by atoms with Gasteiger partial charge in [-0.3, -0.25) is 9.89 Å². The molecular formula is C26H32N4O4S. The fourth-order valence-electron chi connectivity index (χ4n) is 4.67. The first-order valence-corrected chi connectivity index (χ1v) is 13.8. The zero-order valence-corrected chi connectivity index (χ0v) is 20.7. The number of aromatic nitrogens is 2. The van der Waals surface area contributed by atoms with Crippen LogP contribution >= 0.6 is 0 Å². The number of anilines is 2. The molecule has 2 aromatic carbocycles. The van der Waals surface area contributed by atoms with Crippen LogP contribution in [0.25, 0.3) is 0 Å². The number of sulfone groups is 1. The molecule has 9 heteroatoms. The third-order valence-corrected chi connectivity index (χ3v) is 7.75. The van der Waals surface area contributed by atoms with Crippen LogP contribution in [-0.2, 0) is 21.2 Å². The molecule has 35 heavy (non-hydrogen) atoms. The number of carbonyl (C=O) groups excluding carboxylic acids is 1. The van der Waals surface area contributed by atoms with Crippen molar-refractivity contribution in [3.63, 3.8) is 0 Å². The summed E-state index contributed by atoms with van der Waals surface area (Å²) in [4.78, 5) is 12.5. The SMILES string of the molecule is CS(=O)(=O)c1ccc(Nc2n[nH]c(C3CCC(CCOCc4ccccc4)CC3)c2C(N)=O)cc1. The second-order valence-electron chi connectivity index (χ2n) is 9.19. The summed E-state index contributed by atoms with van der Waals surface area (Å²) in [6.07, 6.45) is 6.22. The van der Waals surface area contributed by atoms with Gasteiger partial charge in [-0.25, -0.2) is 8.42 Å². The Hall–Kier alpha value is -3.17. The molecule has 1 amide bonds. The van der Waals surface area contributed by atoms with E-state index in [0.717, 1.165) is 50.7 Å². The topological polar surface area (TPSA) is 127 Å². The molecule has 0 saturated heterocycles. The maximum absolute atomic E-state index is 12.3. The van der Waals surface area contributed by atoms with E-state index in [4.69, 9.17) is 10.5 Å². The van der Waals surface area contributed by atoms with Gasteiger partial charge in [0, 0.05) is 24.5 Å². The third kappa shape index (κ3) is 6.49. The van der Waals surface area contributed by atoms with Crippen LogP contribution in [0.2, 0.25) is 0 Å². The number of ether oxygens (including phenoxy) is 1. The highest BCUT2D eigenvalue weighted by Gasteiger charge is 2.29. The number of benzene rings is 2. The van der Waals surface area contributed by atoms with Gasteiger partial charge in [0.25, 0.3) is 5.91 Å². The minimum absolute atomic E-state index is 0.189. The Morgan fingerprint density at radius 3 is 2.40 bits per heavy atom. The Kier molecular flexibility index (Phi) is 7.87. The number of hydrogen-bond donors (Lipinski definition) is 3. The number of aromatic amines is 1. The second-order valence-corrected chi connectivity index (χ2v) is 11.2. The molecule has 4 N–H and O–H groups in total. The molecule has 0 radical (unpaired) electrons. The van der Waals surface area contributed by atoms with E-state index >= 15 is 0 Å². The van der Waals surface area contributed by atoms with Gasteiger partial charge in [-0.2, -0.15) is 5.10 Å². The fraction of sp³-hybridized carbons (Fsp3) is 0.385. The number of nitrogens with zero attached hydrogens (tertiary/aromatic N) is 1. The second kappa shape index (κ2) is 11.0. The summed E-state index contributed by atoms with van der Waals surface area (Å²) in [7, 11) is -3.28. The maximum atomic E-state index is 12.3. The number of rotatable bonds is 10. The van der Waals surface area contributed by atoms with Crippen LogP contribution in [0.4, 0.5) is 11.5 Å². The predicted molar refractivity (Wildman–Crippen MR) is 135 cm³/mol. The quantitative estimate of drug-likeness (QED) is 0.354. The van der Waals surface area contributed by atoms with Crippen molar-refractivity contribution < 1.29 is 17.9 Å². The number of carbonyl (C=O) groups is 1. The fourth-order valence-corrected chi connectivity index (χ4v) is 5.30. The van der Waals surface area contributed by atoms with E-state index in [9.17, 15) is 13.2 Å². The minimum Gasteiger partial charge on any atom is -0.377 e. The molecule has 0 spiro atoms. The van der Waals surface area contributed by atoms with Crippen LogP contribution in [0.15, 0.2) is 59.5 Å². The lowest BCUT2D eigenvalue weighted by Gasteiger charge is -2.28. The Morgan fingerprint density at radius 2 is 1.77 bits per heavy atom. The summed E-state index contributed by atoms with van der Waals surface area (Å²) in [5.41, 5.74) is 8.67. The van der Waals surface area contributed by atoms with Gasteiger partial charge in [-0.15, -0.1) is 0 Å². The van der Waals surface area contributed by atoms with Gasteiger partial charge in [-0.1, -0.05) is 30.3 Å². The van der Waals surface area contributed by atoms with Gasteiger partial charge in [0.1, 0.15) is 5.56 Å². The number of amides is 1. The third-order valence-electron chi connectivity index (χ3n) is 6.62. The van der Waals surface area contributed by atoms with Crippen LogP contribution in [0, 0.1) is 5.92 Å². The molecule has 1 aliphatic rings. The zero-order chi connectivity index (χ0) is 24.8. The summed E-state index contributed by atoms with van der Waals surface area (Å²) < 4.78 is 29.2. The molecule has 0 atom stereocenters. The number of hydrogen-bond acceptors (Lipinski definition) is 6. The highest BCUT2D eigenvalue weighted by Crippen LogP contribution is 2.39. The Balaban J connectivity index is 1.33. The summed E-state index contributed by atoms with van der Waals surface area (Å²) in [5.74, 6) is 0.610. The summed E-state index contributed by atoms with van der Waals surface area (Å²) in [5, 5.41) is 10.4. The molecule has 0 bridgehead atoms. The molecule has 1 saturated carbocycles. The monoisotopic (exact) mass is 496 g/mol. The molecule has 0 aliphatic heterocycles. The lowest BCUT2D eigenvalue weighted by Crippen LogP contribution is -2.19. The van der Waals surface area contributed by atoms with Crippen molar-refractivity contribution >= 4 is 27.2 Å². The number of primary amides is 1. The predicted octanol–water partition coefficient (Wildman–Crippen LogP) is 4.54.